The Kier molecular flexibility index (Phi) is 3.20. The molecule has 3 fully saturated rings. The Balaban J connectivity index is 1.70. The molecule has 2 atom stereocenters. The van der Waals surface area contributed by atoms with Crippen LogP contribution in [0.5, 0.6) is 0 Å². The van der Waals surface area contributed by atoms with E-state index in [9.17, 15) is 0 Å². The number of piperazine rings is 1. The molecule has 3 aliphatic rings. The average Bonchev–Trinajstić information content (AvgIpc) is 2.94. The molecule has 2 aliphatic heterocycles. The van der Waals surface area contributed by atoms with Crippen LogP contribution < -0.4 is 5.32 Å². The summed E-state index contributed by atoms with van der Waals surface area (Å²) in [5.74, 6) is 2.76. The Bertz CT molecular complexity index is 244. The first-order valence-electron chi connectivity index (χ1n) is 6.88. The van der Waals surface area contributed by atoms with Crippen LogP contribution in [0.3, 0.4) is 0 Å². The molecule has 3 heteroatoms. The molecule has 0 bridgehead atoms. The van der Waals surface area contributed by atoms with Gasteiger partial charge in [0.05, 0.1) is 0 Å². The normalized spacial score (nSPS) is 39.6. The maximum atomic E-state index is 3.85. The van der Waals surface area contributed by atoms with Gasteiger partial charge in [-0.3, -0.25) is 4.90 Å². The Labute approximate surface area is 104 Å². The smallest absolute Gasteiger partial charge is 0.0309 e. The third kappa shape index (κ3) is 2.02. The largest absolute Gasteiger partial charge is 0.308 e. The molecule has 2 saturated heterocycles. The van der Waals surface area contributed by atoms with Crippen molar-refractivity contribution in [1.82, 2.24) is 10.2 Å². The number of thioether (sulfide) groups is 1. The fourth-order valence-corrected chi connectivity index (χ4v) is 4.94. The Morgan fingerprint density at radius 2 is 2.12 bits per heavy atom. The minimum absolute atomic E-state index is 0.500. The maximum Gasteiger partial charge on any atom is 0.0309 e. The van der Waals surface area contributed by atoms with Crippen molar-refractivity contribution < 1.29 is 0 Å². The van der Waals surface area contributed by atoms with Gasteiger partial charge in [0.1, 0.15) is 0 Å². The predicted molar refractivity (Wildman–Crippen MR) is 71.1 cm³/mol. The van der Waals surface area contributed by atoms with Gasteiger partial charge in [0.25, 0.3) is 0 Å². The van der Waals surface area contributed by atoms with E-state index >= 15 is 0 Å². The van der Waals surface area contributed by atoms with E-state index in [-0.39, 0.29) is 0 Å². The topological polar surface area (TPSA) is 15.3 Å². The molecule has 0 aromatic heterocycles. The summed E-state index contributed by atoms with van der Waals surface area (Å²) in [5.41, 5.74) is 0.500. The predicted octanol–water partition coefficient (Wildman–Crippen LogP) is 2.10. The lowest BCUT2D eigenvalue weighted by molar-refractivity contribution is 0.0593. The van der Waals surface area contributed by atoms with Crippen molar-refractivity contribution in [2.75, 3.05) is 24.6 Å². The van der Waals surface area contributed by atoms with Gasteiger partial charge in [-0.05, 0) is 31.9 Å². The van der Waals surface area contributed by atoms with Gasteiger partial charge in [-0.1, -0.05) is 12.8 Å². The van der Waals surface area contributed by atoms with Gasteiger partial charge in [-0.15, -0.1) is 0 Å². The van der Waals surface area contributed by atoms with Crippen LogP contribution in [0.25, 0.3) is 0 Å². The van der Waals surface area contributed by atoms with Crippen molar-refractivity contribution in [3.8, 4) is 0 Å². The van der Waals surface area contributed by atoms with Crippen LogP contribution in [0.1, 0.15) is 39.0 Å². The van der Waals surface area contributed by atoms with E-state index < -0.39 is 0 Å². The summed E-state index contributed by atoms with van der Waals surface area (Å²) in [6.07, 6.45) is 7.13. The van der Waals surface area contributed by atoms with Crippen LogP contribution in [0.15, 0.2) is 0 Å². The van der Waals surface area contributed by atoms with Gasteiger partial charge in [-0.2, -0.15) is 11.8 Å². The molecular weight excluding hydrogens is 216 g/mol. The Morgan fingerprint density at radius 1 is 1.31 bits per heavy atom. The first-order chi connectivity index (χ1) is 7.79. The van der Waals surface area contributed by atoms with Crippen molar-refractivity contribution in [3.05, 3.63) is 0 Å². The lowest BCUT2D eigenvalue weighted by Gasteiger charge is -2.47. The molecule has 0 amide bonds. The number of nitrogens with one attached hydrogen (secondary N) is 1. The molecule has 0 radical (unpaired) electrons. The summed E-state index contributed by atoms with van der Waals surface area (Å²) < 4.78 is 0. The van der Waals surface area contributed by atoms with Gasteiger partial charge in [0, 0.05) is 36.5 Å². The minimum atomic E-state index is 0.500. The Hall–Kier alpha value is 0.270. The summed E-state index contributed by atoms with van der Waals surface area (Å²) in [6.45, 7) is 4.93. The van der Waals surface area contributed by atoms with Crippen molar-refractivity contribution in [2.45, 2.75) is 56.7 Å². The molecule has 0 aromatic carbocycles. The minimum Gasteiger partial charge on any atom is -0.308 e. The molecule has 3 rings (SSSR count). The zero-order valence-corrected chi connectivity index (χ0v) is 11.2. The lowest BCUT2D eigenvalue weighted by Crippen LogP contribution is -2.64. The summed E-state index contributed by atoms with van der Waals surface area (Å²) in [6, 6.07) is 1.62. The van der Waals surface area contributed by atoms with Crippen LogP contribution in [0.2, 0.25) is 0 Å². The summed E-state index contributed by atoms with van der Waals surface area (Å²) in [5, 5.41) is 3.85. The summed E-state index contributed by atoms with van der Waals surface area (Å²) >= 11 is 2.15. The molecule has 2 heterocycles. The molecule has 2 unspecified atom stereocenters. The van der Waals surface area contributed by atoms with Crippen LogP contribution in [0.4, 0.5) is 0 Å². The van der Waals surface area contributed by atoms with Crippen LogP contribution in [-0.4, -0.2) is 47.1 Å². The number of hydrogen-bond donors (Lipinski definition) is 1. The first-order valence-corrected chi connectivity index (χ1v) is 8.03. The molecule has 1 N–H and O–H groups in total. The quantitative estimate of drug-likeness (QED) is 0.755. The number of hydrogen-bond acceptors (Lipinski definition) is 3. The van der Waals surface area contributed by atoms with E-state index in [4.69, 9.17) is 0 Å². The van der Waals surface area contributed by atoms with Crippen molar-refractivity contribution in [3.63, 3.8) is 0 Å². The Morgan fingerprint density at radius 3 is 2.81 bits per heavy atom. The zero-order chi connectivity index (χ0) is 11.0. The van der Waals surface area contributed by atoms with Crippen molar-refractivity contribution in [1.29, 1.82) is 0 Å². The number of rotatable bonds is 1. The van der Waals surface area contributed by atoms with E-state index in [0.717, 1.165) is 12.1 Å². The van der Waals surface area contributed by atoms with E-state index in [2.05, 4.69) is 28.9 Å². The molecule has 2 nitrogen and oxygen atoms in total. The molecule has 1 aliphatic carbocycles. The van der Waals surface area contributed by atoms with Gasteiger partial charge >= 0.3 is 0 Å². The summed E-state index contributed by atoms with van der Waals surface area (Å²) in [4.78, 5) is 2.82. The van der Waals surface area contributed by atoms with Gasteiger partial charge in [-0.25, -0.2) is 0 Å². The monoisotopic (exact) mass is 240 g/mol. The second-order valence-corrected chi connectivity index (χ2v) is 7.06. The highest BCUT2D eigenvalue weighted by atomic mass is 32.2. The fourth-order valence-electron chi connectivity index (χ4n) is 3.70. The zero-order valence-electron chi connectivity index (χ0n) is 10.4. The SMILES string of the molecule is CC1CNC2(CCCC2)CN1C1CCSC1. The highest BCUT2D eigenvalue weighted by molar-refractivity contribution is 7.99. The van der Waals surface area contributed by atoms with Crippen LogP contribution in [-0.2, 0) is 0 Å². The van der Waals surface area contributed by atoms with Gasteiger partial charge in [0.2, 0.25) is 0 Å². The molecule has 0 aromatic rings. The van der Waals surface area contributed by atoms with E-state index in [1.807, 2.05) is 0 Å². The molecule has 1 spiro atoms. The molecule has 1 saturated carbocycles. The molecule has 92 valence electrons. The van der Waals surface area contributed by atoms with Crippen molar-refractivity contribution in [2.24, 2.45) is 0 Å². The van der Waals surface area contributed by atoms with Crippen molar-refractivity contribution >= 4 is 11.8 Å². The van der Waals surface area contributed by atoms with Crippen LogP contribution >= 0.6 is 11.8 Å². The standard InChI is InChI=1S/C13H24N2S/c1-11-8-14-13(5-2-3-6-13)10-15(11)12-4-7-16-9-12/h11-12,14H,2-10H2,1H3. The first kappa shape index (κ1) is 11.4. The third-order valence-corrected chi connectivity index (χ3v) is 5.90. The van der Waals surface area contributed by atoms with E-state index in [1.165, 1.54) is 56.7 Å². The lowest BCUT2D eigenvalue weighted by atomic mass is 9.91. The number of nitrogens with zero attached hydrogens (tertiary/aromatic N) is 1. The summed E-state index contributed by atoms with van der Waals surface area (Å²) in [7, 11) is 0. The second kappa shape index (κ2) is 4.51. The molecular formula is C13H24N2S. The van der Waals surface area contributed by atoms with E-state index in [0.29, 0.717) is 5.54 Å². The van der Waals surface area contributed by atoms with Gasteiger partial charge < -0.3 is 5.32 Å². The molecule has 16 heavy (non-hydrogen) atoms. The van der Waals surface area contributed by atoms with Gasteiger partial charge in [0.15, 0.2) is 0 Å². The second-order valence-electron chi connectivity index (χ2n) is 5.91. The average molecular weight is 240 g/mol. The third-order valence-electron chi connectivity index (χ3n) is 4.76. The van der Waals surface area contributed by atoms with Crippen LogP contribution in [0, 0.1) is 0 Å². The highest BCUT2D eigenvalue weighted by Gasteiger charge is 2.42. The fraction of sp³-hybridized carbons (Fsp3) is 1.00. The van der Waals surface area contributed by atoms with E-state index in [1.54, 1.807) is 0 Å². The highest BCUT2D eigenvalue weighted by Crippen LogP contribution is 2.35. The maximum absolute atomic E-state index is 3.85.